The third-order valence-corrected chi connectivity index (χ3v) is 3.86. The van der Waals surface area contributed by atoms with E-state index in [0.29, 0.717) is 12.6 Å². The fraction of sp³-hybridized carbons (Fsp3) is 0.562. The SMILES string of the molecule is CCCN(C(=O)NC1CCCC1)c1ccc(CN)cc1. The fourth-order valence-electron chi connectivity index (χ4n) is 2.71. The lowest BCUT2D eigenvalue weighted by atomic mass is 10.2. The van der Waals surface area contributed by atoms with Crippen LogP contribution in [0.4, 0.5) is 10.5 Å². The average Bonchev–Trinajstić information content (AvgIpc) is 2.97. The highest BCUT2D eigenvalue weighted by atomic mass is 16.2. The maximum atomic E-state index is 12.4. The first-order valence-electron chi connectivity index (χ1n) is 7.61. The maximum Gasteiger partial charge on any atom is 0.322 e. The zero-order valence-electron chi connectivity index (χ0n) is 12.3. The highest BCUT2D eigenvalue weighted by Crippen LogP contribution is 2.20. The molecule has 0 bridgehead atoms. The van der Waals surface area contributed by atoms with E-state index in [4.69, 9.17) is 5.73 Å². The van der Waals surface area contributed by atoms with Crippen molar-refractivity contribution in [2.45, 2.75) is 51.6 Å². The monoisotopic (exact) mass is 275 g/mol. The second-order valence-corrected chi connectivity index (χ2v) is 5.45. The van der Waals surface area contributed by atoms with Gasteiger partial charge in [0.15, 0.2) is 0 Å². The smallest absolute Gasteiger partial charge is 0.322 e. The first-order chi connectivity index (χ1) is 9.74. The van der Waals surface area contributed by atoms with Crippen LogP contribution in [-0.2, 0) is 6.54 Å². The fourth-order valence-corrected chi connectivity index (χ4v) is 2.71. The predicted molar refractivity (Wildman–Crippen MR) is 82.8 cm³/mol. The van der Waals surface area contributed by atoms with Crippen molar-refractivity contribution in [2.75, 3.05) is 11.4 Å². The zero-order valence-corrected chi connectivity index (χ0v) is 12.3. The average molecular weight is 275 g/mol. The Morgan fingerprint density at radius 2 is 1.95 bits per heavy atom. The van der Waals surface area contributed by atoms with Gasteiger partial charge in [-0.3, -0.25) is 4.90 Å². The summed E-state index contributed by atoms with van der Waals surface area (Å²) in [5.41, 5.74) is 7.64. The molecular weight excluding hydrogens is 250 g/mol. The first kappa shape index (κ1) is 14.9. The number of benzene rings is 1. The number of nitrogens with one attached hydrogen (secondary N) is 1. The summed E-state index contributed by atoms with van der Waals surface area (Å²) in [7, 11) is 0. The molecule has 3 N–H and O–H groups in total. The number of urea groups is 1. The Hall–Kier alpha value is -1.55. The Morgan fingerprint density at radius 1 is 1.30 bits per heavy atom. The number of hydrogen-bond acceptors (Lipinski definition) is 2. The van der Waals surface area contributed by atoms with Crippen molar-refractivity contribution in [1.82, 2.24) is 5.32 Å². The molecule has 1 fully saturated rings. The van der Waals surface area contributed by atoms with Gasteiger partial charge in [0.2, 0.25) is 0 Å². The van der Waals surface area contributed by atoms with Crippen molar-refractivity contribution in [2.24, 2.45) is 5.73 Å². The van der Waals surface area contributed by atoms with Gasteiger partial charge in [0, 0.05) is 24.8 Å². The highest BCUT2D eigenvalue weighted by molar-refractivity contribution is 5.92. The molecule has 1 saturated carbocycles. The molecule has 0 spiro atoms. The van der Waals surface area contributed by atoms with Crippen LogP contribution in [0.15, 0.2) is 24.3 Å². The van der Waals surface area contributed by atoms with E-state index in [2.05, 4.69) is 12.2 Å². The second-order valence-electron chi connectivity index (χ2n) is 5.45. The molecule has 0 atom stereocenters. The van der Waals surface area contributed by atoms with Gasteiger partial charge >= 0.3 is 6.03 Å². The molecule has 2 rings (SSSR count). The number of nitrogens with zero attached hydrogens (tertiary/aromatic N) is 1. The number of rotatable bonds is 5. The third kappa shape index (κ3) is 3.73. The Morgan fingerprint density at radius 3 is 2.50 bits per heavy atom. The van der Waals surface area contributed by atoms with Gasteiger partial charge in [0.05, 0.1) is 0 Å². The summed E-state index contributed by atoms with van der Waals surface area (Å²) in [4.78, 5) is 14.3. The van der Waals surface area contributed by atoms with E-state index in [1.165, 1.54) is 12.8 Å². The summed E-state index contributed by atoms with van der Waals surface area (Å²) in [5, 5.41) is 3.15. The van der Waals surface area contributed by atoms with Gasteiger partial charge in [-0.25, -0.2) is 4.79 Å². The molecular formula is C16H25N3O. The van der Waals surface area contributed by atoms with E-state index >= 15 is 0 Å². The van der Waals surface area contributed by atoms with Gasteiger partial charge in [0.1, 0.15) is 0 Å². The van der Waals surface area contributed by atoms with Crippen molar-refractivity contribution >= 4 is 11.7 Å². The van der Waals surface area contributed by atoms with Crippen LogP contribution < -0.4 is 16.0 Å². The Balaban J connectivity index is 2.05. The highest BCUT2D eigenvalue weighted by Gasteiger charge is 2.21. The van der Waals surface area contributed by atoms with E-state index in [1.807, 2.05) is 29.2 Å². The van der Waals surface area contributed by atoms with Gasteiger partial charge in [-0.15, -0.1) is 0 Å². The number of amides is 2. The lowest BCUT2D eigenvalue weighted by Crippen LogP contribution is -2.44. The summed E-state index contributed by atoms with van der Waals surface area (Å²) >= 11 is 0. The number of carbonyl (C=O) groups is 1. The van der Waals surface area contributed by atoms with Crippen LogP contribution in [0.2, 0.25) is 0 Å². The van der Waals surface area contributed by atoms with Crippen molar-refractivity contribution in [1.29, 1.82) is 0 Å². The van der Waals surface area contributed by atoms with Crippen LogP contribution in [0.3, 0.4) is 0 Å². The molecule has 0 radical (unpaired) electrons. The molecule has 0 aromatic heterocycles. The summed E-state index contributed by atoms with van der Waals surface area (Å²) in [6, 6.07) is 8.31. The standard InChI is InChI=1S/C16H25N3O/c1-2-11-19(15-9-7-13(12-17)8-10-15)16(20)18-14-5-3-4-6-14/h7-10,14H,2-6,11-12,17H2,1H3,(H,18,20). The molecule has 2 amide bonds. The van der Waals surface area contributed by atoms with Crippen LogP contribution in [-0.4, -0.2) is 18.6 Å². The van der Waals surface area contributed by atoms with Crippen molar-refractivity contribution in [3.05, 3.63) is 29.8 Å². The zero-order chi connectivity index (χ0) is 14.4. The summed E-state index contributed by atoms with van der Waals surface area (Å²) in [6.07, 6.45) is 5.61. The number of hydrogen-bond donors (Lipinski definition) is 2. The van der Waals surface area contributed by atoms with Gasteiger partial charge in [-0.1, -0.05) is 31.9 Å². The van der Waals surface area contributed by atoms with Crippen LogP contribution >= 0.6 is 0 Å². The van der Waals surface area contributed by atoms with Gasteiger partial charge < -0.3 is 11.1 Å². The predicted octanol–water partition coefficient (Wildman–Crippen LogP) is 3.01. The van der Waals surface area contributed by atoms with Gasteiger partial charge in [-0.2, -0.15) is 0 Å². The summed E-state index contributed by atoms with van der Waals surface area (Å²) in [6.45, 7) is 3.35. The minimum Gasteiger partial charge on any atom is -0.335 e. The van der Waals surface area contributed by atoms with Crippen molar-refractivity contribution in [3.63, 3.8) is 0 Å². The molecule has 110 valence electrons. The Labute approximate surface area is 121 Å². The molecule has 4 nitrogen and oxygen atoms in total. The van der Waals surface area contributed by atoms with Crippen LogP contribution in [0.5, 0.6) is 0 Å². The minimum atomic E-state index is 0.0271. The molecule has 0 unspecified atom stereocenters. The maximum absolute atomic E-state index is 12.4. The third-order valence-electron chi connectivity index (χ3n) is 3.86. The Kier molecular flexibility index (Phi) is 5.41. The van der Waals surface area contributed by atoms with Crippen molar-refractivity contribution < 1.29 is 4.79 Å². The van der Waals surface area contributed by atoms with E-state index in [0.717, 1.165) is 37.1 Å². The van der Waals surface area contributed by atoms with E-state index < -0.39 is 0 Å². The second kappa shape index (κ2) is 7.29. The van der Waals surface area contributed by atoms with E-state index in [1.54, 1.807) is 0 Å². The number of carbonyl (C=O) groups excluding carboxylic acids is 1. The van der Waals surface area contributed by atoms with E-state index in [-0.39, 0.29) is 6.03 Å². The molecule has 1 aromatic carbocycles. The molecule has 0 saturated heterocycles. The van der Waals surface area contributed by atoms with Crippen LogP contribution in [0.25, 0.3) is 0 Å². The van der Waals surface area contributed by atoms with E-state index in [9.17, 15) is 4.79 Å². The molecule has 0 heterocycles. The Bertz CT molecular complexity index is 424. The quantitative estimate of drug-likeness (QED) is 0.868. The normalized spacial score (nSPS) is 15.3. The largest absolute Gasteiger partial charge is 0.335 e. The van der Waals surface area contributed by atoms with Crippen molar-refractivity contribution in [3.8, 4) is 0 Å². The molecule has 1 aliphatic carbocycles. The molecule has 4 heteroatoms. The summed E-state index contributed by atoms with van der Waals surface area (Å²) < 4.78 is 0. The lowest BCUT2D eigenvalue weighted by Gasteiger charge is -2.25. The molecule has 1 aromatic rings. The first-order valence-corrected chi connectivity index (χ1v) is 7.61. The molecule has 0 aliphatic heterocycles. The molecule has 20 heavy (non-hydrogen) atoms. The summed E-state index contributed by atoms with van der Waals surface area (Å²) in [5.74, 6) is 0. The number of nitrogens with two attached hydrogens (primary N) is 1. The minimum absolute atomic E-state index is 0.0271. The van der Waals surface area contributed by atoms with Crippen LogP contribution in [0.1, 0.15) is 44.6 Å². The van der Waals surface area contributed by atoms with Gasteiger partial charge in [0.25, 0.3) is 0 Å². The van der Waals surface area contributed by atoms with Gasteiger partial charge in [-0.05, 0) is 37.0 Å². The topological polar surface area (TPSA) is 58.4 Å². The van der Waals surface area contributed by atoms with Crippen LogP contribution in [0, 0.1) is 0 Å². The molecule has 1 aliphatic rings. The lowest BCUT2D eigenvalue weighted by molar-refractivity contribution is 0.242. The number of anilines is 1.